The summed E-state index contributed by atoms with van der Waals surface area (Å²) in [5.41, 5.74) is -1.55. The normalized spacial score (nSPS) is 14.0. The van der Waals surface area contributed by atoms with E-state index in [1.54, 1.807) is 24.3 Å². The highest BCUT2D eigenvalue weighted by Crippen LogP contribution is 2.57. The summed E-state index contributed by atoms with van der Waals surface area (Å²) in [5, 5.41) is 0. The van der Waals surface area contributed by atoms with Crippen molar-refractivity contribution in [3.05, 3.63) is 47.5 Å². The summed E-state index contributed by atoms with van der Waals surface area (Å²) in [7, 11) is 1.53. The van der Waals surface area contributed by atoms with Crippen LogP contribution in [0.3, 0.4) is 0 Å². The first-order chi connectivity index (χ1) is 15.9. The van der Waals surface area contributed by atoms with Crippen LogP contribution in [0.1, 0.15) is 54.8 Å². The standard InChI is InChI=1S/C26H35O7P/c1-17(15-26(2,3)4)16-34(29,24(27)19-13-12-18(30-5)14-22(19)33-8)25(28)23-20(31-6)10-9-11-21(23)32-7/h9-14,17H,15-16H2,1-8H3. The van der Waals surface area contributed by atoms with Crippen LogP contribution in [0.25, 0.3) is 0 Å². The molecule has 0 aliphatic heterocycles. The molecule has 0 aliphatic rings. The zero-order chi connectivity index (χ0) is 25.7. The molecule has 0 fully saturated rings. The van der Waals surface area contributed by atoms with Crippen LogP contribution in [0.2, 0.25) is 0 Å². The Balaban J connectivity index is 2.71. The summed E-state index contributed by atoms with van der Waals surface area (Å²) in [6.07, 6.45) is 0.596. The molecule has 2 atom stereocenters. The van der Waals surface area contributed by atoms with Gasteiger partial charge in [-0.15, -0.1) is 0 Å². The first kappa shape index (κ1) is 27.5. The van der Waals surface area contributed by atoms with Crippen LogP contribution in [0.5, 0.6) is 23.0 Å². The molecule has 0 aromatic heterocycles. The molecule has 0 N–H and O–H groups in total. The number of benzene rings is 2. The van der Waals surface area contributed by atoms with E-state index in [9.17, 15) is 14.2 Å². The molecule has 0 aliphatic carbocycles. The third-order valence-electron chi connectivity index (χ3n) is 5.47. The van der Waals surface area contributed by atoms with E-state index in [0.29, 0.717) is 12.2 Å². The van der Waals surface area contributed by atoms with Crippen LogP contribution in [-0.4, -0.2) is 45.6 Å². The monoisotopic (exact) mass is 490 g/mol. The maximum atomic E-state index is 14.6. The number of carbonyl (C=O) groups is 2. The van der Waals surface area contributed by atoms with E-state index in [1.165, 1.54) is 40.6 Å². The highest BCUT2D eigenvalue weighted by atomic mass is 31.2. The van der Waals surface area contributed by atoms with Gasteiger partial charge in [0.1, 0.15) is 28.6 Å². The molecule has 0 spiro atoms. The van der Waals surface area contributed by atoms with Gasteiger partial charge in [0, 0.05) is 12.2 Å². The molecule has 186 valence electrons. The molecule has 2 rings (SSSR count). The molecular weight excluding hydrogens is 455 g/mol. The van der Waals surface area contributed by atoms with Gasteiger partial charge in [-0.1, -0.05) is 33.8 Å². The molecule has 2 aromatic carbocycles. The van der Waals surface area contributed by atoms with E-state index in [4.69, 9.17) is 18.9 Å². The van der Waals surface area contributed by atoms with Crippen molar-refractivity contribution in [2.45, 2.75) is 34.1 Å². The van der Waals surface area contributed by atoms with E-state index in [-0.39, 0.29) is 45.9 Å². The quantitative estimate of drug-likeness (QED) is 0.350. The first-order valence-corrected chi connectivity index (χ1v) is 12.9. The van der Waals surface area contributed by atoms with Gasteiger partial charge in [0.15, 0.2) is 0 Å². The Morgan fingerprint density at radius 2 is 1.41 bits per heavy atom. The second-order valence-electron chi connectivity index (χ2n) is 9.51. The molecule has 0 heterocycles. The molecular formula is C26H35O7P. The molecule has 8 heteroatoms. The van der Waals surface area contributed by atoms with Gasteiger partial charge >= 0.3 is 0 Å². The fourth-order valence-corrected chi connectivity index (χ4v) is 6.90. The fourth-order valence-electron chi connectivity index (χ4n) is 4.22. The number of methoxy groups -OCH3 is 4. The number of rotatable bonds is 11. The summed E-state index contributed by atoms with van der Waals surface area (Å²) >= 11 is 0. The van der Waals surface area contributed by atoms with Crippen LogP contribution < -0.4 is 18.9 Å². The highest BCUT2D eigenvalue weighted by molar-refractivity contribution is 7.95. The summed E-state index contributed by atoms with van der Waals surface area (Å²) in [6, 6.07) is 9.41. The SMILES string of the molecule is COc1ccc(C(=O)P(=O)(CC(C)CC(C)(C)C)C(=O)c2c(OC)cccc2OC)c(OC)c1. The average molecular weight is 491 g/mol. The zero-order valence-electron chi connectivity index (χ0n) is 21.3. The second kappa shape index (κ2) is 11.1. The van der Waals surface area contributed by atoms with Crippen LogP contribution >= 0.6 is 7.14 Å². The number of ether oxygens (including phenoxy) is 4. The Morgan fingerprint density at radius 3 is 1.88 bits per heavy atom. The summed E-state index contributed by atoms with van der Waals surface area (Å²) in [5.74, 6) is 0.892. The Bertz CT molecular complexity index is 1060. The molecule has 7 nitrogen and oxygen atoms in total. The Morgan fingerprint density at radius 1 is 0.853 bits per heavy atom. The van der Waals surface area contributed by atoms with Gasteiger partial charge in [-0.2, -0.15) is 0 Å². The predicted octanol–water partition coefficient (Wildman–Crippen LogP) is 6.14. The van der Waals surface area contributed by atoms with Crippen molar-refractivity contribution >= 4 is 18.2 Å². The minimum atomic E-state index is -4.19. The topological polar surface area (TPSA) is 88.1 Å². The molecule has 0 radical (unpaired) electrons. The van der Waals surface area contributed by atoms with Crippen molar-refractivity contribution in [3.63, 3.8) is 0 Å². The molecule has 0 bridgehead atoms. The van der Waals surface area contributed by atoms with Crippen LogP contribution in [0, 0.1) is 11.3 Å². The molecule has 0 saturated heterocycles. The second-order valence-corrected chi connectivity index (χ2v) is 12.2. The van der Waals surface area contributed by atoms with E-state index in [2.05, 4.69) is 20.8 Å². The third kappa shape index (κ3) is 6.01. The van der Waals surface area contributed by atoms with Gasteiger partial charge in [-0.3, -0.25) is 9.59 Å². The van der Waals surface area contributed by atoms with Gasteiger partial charge in [0.05, 0.1) is 34.0 Å². The van der Waals surface area contributed by atoms with Crippen molar-refractivity contribution in [1.82, 2.24) is 0 Å². The highest BCUT2D eigenvalue weighted by Gasteiger charge is 2.45. The number of hydrogen-bond acceptors (Lipinski definition) is 7. The number of carbonyl (C=O) groups excluding carboxylic acids is 2. The van der Waals surface area contributed by atoms with Gasteiger partial charge in [-0.25, -0.2) is 0 Å². The van der Waals surface area contributed by atoms with Crippen molar-refractivity contribution in [1.29, 1.82) is 0 Å². The molecule has 0 amide bonds. The molecule has 34 heavy (non-hydrogen) atoms. The van der Waals surface area contributed by atoms with E-state index in [1.807, 2.05) is 6.92 Å². The van der Waals surface area contributed by atoms with Gasteiger partial charge in [0.25, 0.3) is 0 Å². The summed E-state index contributed by atoms with van der Waals surface area (Å²) < 4.78 is 35.9. The number of hydrogen-bond donors (Lipinski definition) is 0. The van der Waals surface area contributed by atoms with E-state index < -0.39 is 18.2 Å². The Hall–Kier alpha value is -2.79. The molecule has 0 saturated carbocycles. The molecule has 2 unspecified atom stereocenters. The van der Waals surface area contributed by atoms with Crippen molar-refractivity contribution < 1.29 is 33.1 Å². The maximum absolute atomic E-state index is 14.6. The lowest BCUT2D eigenvalue weighted by atomic mass is 9.86. The van der Waals surface area contributed by atoms with Gasteiger partial charge in [-0.05, 0) is 42.0 Å². The largest absolute Gasteiger partial charge is 0.497 e. The third-order valence-corrected chi connectivity index (χ3v) is 8.38. The van der Waals surface area contributed by atoms with Crippen LogP contribution in [-0.2, 0) is 4.57 Å². The smallest absolute Gasteiger partial charge is 0.236 e. The van der Waals surface area contributed by atoms with Crippen LogP contribution in [0.15, 0.2) is 36.4 Å². The van der Waals surface area contributed by atoms with Crippen molar-refractivity contribution in [2.75, 3.05) is 34.6 Å². The summed E-state index contributed by atoms with van der Waals surface area (Å²) in [4.78, 5) is 27.8. The minimum absolute atomic E-state index is 0.000351. The van der Waals surface area contributed by atoms with E-state index >= 15 is 0 Å². The van der Waals surface area contributed by atoms with E-state index in [0.717, 1.165) is 0 Å². The minimum Gasteiger partial charge on any atom is -0.497 e. The zero-order valence-corrected chi connectivity index (χ0v) is 22.2. The lowest BCUT2D eigenvalue weighted by Gasteiger charge is -2.27. The van der Waals surface area contributed by atoms with Crippen molar-refractivity contribution in [2.24, 2.45) is 11.3 Å². The predicted molar refractivity (Wildman–Crippen MR) is 133 cm³/mol. The van der Waals surface area contributed by atoms with Gasteiger partial charge in [0.2, 0.25) is 18.2 Å². The lowest BCUT2D eigenvalue weighted by molar-refractivity contribution is 0.103. The Kier molecular flexibility index (Phi) is 8.96. The average Bonchev–Trinajstić information content (AvgIpc) is 2.80. The fraction of sp³-hybridized carbons (Fsp3) is 0.462. The van der Waals surface area contributed by atoms with Gasteiger partial charge < -0.3 is 23.5 Å². The Labute approximate surface area is 202 Å². The van der Waals surface area contributed by atoms with Crippen LogP contribution in [0.4, 0.5) is 0 Å². The molecule has 2 aromatic rings. The first-order valence-electron chi connectivity index (χ1n) is 11.0. The van der Waals surface area contributed by atoms with Crippen molar-refractivity contribution in [3.8, 4) is 23.0 Å². The summed E-state index contributed by atoms with van der Waals surface area (Å²) in [6.45, 7) is 8.10. The lowest BCUT2D eigenvalue weighted by Crippen LogP contribution is -2.21. The maximum Gasteiger partial charge on any atom is 0.236 e.